The van der Waals surface area contributed by atoms with Crippen molar-refractivity contribution in [3.05, 3.63) is 75.4 Å². The van der Waals surface area contributed by atoms with Gasteiger partial charge in [-0.3, -0.25) is 4.79 Å². The van der Waals surface area contributed by atoms with E-state index < -0.39 is 0 Å². The molecule has 1 aromatic heterocycles. The van der Waals surface area contributed by atoms with Gasteiger partial charge in [0.2, 0.25) is 0 Å². The Morgan fingerprint density at radius 3 is 2.59 bits per heavy atom. The summed E-state index contributed by atoms with van der Waals surface area (Å²) in [7, 11) is 4.19. The number of hydrogen-bond acceptors (Lipinski definition) is 3. The van der Waals surface area contributed by atoms with E-state index in [1.165, 1.54) is 57.0 Å². The van der Waals surface area contributed by atoms with Gasteiger partial charge in [-0.25, -0.2) is 4.39 Å². The fourth-order valence-electron chi connectivity index (χ4n) is 4.11. The number of carbonyl (C=O) groups excluding carboxylic acids is 1. The number of nitrogens with one attached hydrogen (secondary N) is 1. The van der Waals surface area contributed by atoms with E-state index in [1.807, 2.05) is 0 Å². The van der Waals surface area contributed by atoms with E-state index in [1.54, 1.807) is 11.3 Å². The molecule has 2 aromatic carbocycles. The fourth-order valence-corrected chi connectivity index (χ4v) is 5.41. The van der Waals surface area contributed by atoms with Crippen LogP contribution in [0, 0.1) is 5.82 Å². The van der Waals surface area contributed by atoms with Crippen LogP contribution in [-0.4, -0.2) is 24.9 Å². The summed E-state index contributed by atoms with van der Waals surface area (Å²) >= 11 is 1.68. The summed E-state index contributed by atoms with van der Waals surface area (Å²) in [6.45, 7) is 3.06. The van der Waals surface area contributed by atoms with Crippen LogP contribution in [0.5, 0.6) is 0 Å². The highest BCUT2D eigenvalue weighted by molar-refractivity contribution is 7.17. The summed E-state index contributed by atoms with van der Waals surface area (Å²) in [6, 6.07) is 12.2. The average Bonchev–Trinajstić information content (AvgIpc) is 3.05. The average molecular weight is 409 g/mol. The number of nitrogens with zero attached hydrogens (tertiary/aromatic N) is 1. The summed E-state index contributed by atoms with van der Waals surface area (Å²) in [5.74, 6) is -0.535. The summed E-state index contributed by atoms with van der Waals surface area (Å²) in [5, 5.41) is 4.00. The Hall–Kier alpha value is -2.50. The second-order valence-corrected chi connectivity index (χ2v) is 8.81. The van der Waals surface area contributed by atoms with Gasteiger partial charge in [0, 0.05) is 22.5 Å². The number of carbonyl (C=O) groups is 1. The number of halogens is 1. The highest BCUT2D eigenvalue weighted by atomic mass is 32.1. The third-order valence-electron chi connectivity index (χ3n) is 5.40. The van der Waals surface area contributed by atoms with Gasteiger partial charge in [0.05, 0.1) is 5.00 Å². The van der Waals surface area contributed by atoms with Crippen LogP contribution in [0.2, 0.25) is 0 Å². The molecule has 1 N–H and O–H groups in total. The second-order valence-electron chi connectivity index (χ2n) is 7.70. The first-order valence-electron chi connectivity index (χ1n) is 9.95. The number of hydrogen-bond donors (Lipinski definition) is 1. The molecule has 1 heterocycles. The van der Waals surface area contributed by atoms with E-state index in [4.69, 9.17) is 0 Å². The molecule has 5 heteroatoms. The predicted molar refractivity (Wildman–Crippen MR) is 118 cm³/mol. The Bertz CT molecular complexity index is 1050. The Morgan fingerprint density at radius 1 is 1.14 bits per heavy atom. The summed E-state index contributed by atoms with van der Waals surface area (Å²) < 4.78 is 13.2. The van der Waals surface area contributed by atoms with Gasteiger partial charge in [0.15, 0.2) is 0 Å². The van der Waals surface area contributed by atoms with Crippen LogP contribution in [-0.2, 0) is 25.8 Å². The second kappa shape index (κ2) is 8.09. The first kappa shape index (κ1) is 19.8. The van der Waals surface area contributed by atoms with Gasteiger partial charge in [-0.05, 0) is 79.9 Å². The quantitative estimate of drug-likeness (QED) is 0.602. The van der Waals surface area contributed by atoms with E-state index in [2.05, 4.69) is 49.4 Å². The molecule has 0 unspecified atom stereocenters. The molecule has 0 aliphatic heterocycles. The summed E-state index contributed by atoms with van der Waals surface area (Å²) in [4.78, 5) is 16.2. The minimum absolute atomic E-state index is 0.195. The first-order chi connectivity index (χ1) is 14.0. The van der Waals surface area contributed by atoms with Crippen LogP contribution in [0.15, 0.2) is 42.5 Å². The largest absolute Gasteiger partial charge is 0.313 e. The standard InChI is InChI=1S/C24H25FN2OS/c1-4-18-22-20-7-5-6-16(14-27(2)3)19(20)12-13-21(22)29-24(18)26-23(28)15-8-10-17(25)11-9-15/h5-11H,4,12-14H2,1-3H3,(H,26,28). The SMILES string of the molecule is CCc1c(NC(=O)c2ccc(F)cc2)sc2c1-c1cccc(CN(C)C)c1CC2. The lowest BCUT2D eigenvalue weighted by molar-refractivity contribution is 0.102. The molecule has 1 amide bonds. The maximum atomic E-state index is 13.2. The lowest BCUT2D eigenvalue weighted by atomic mass is 9.85. The fraction of sp³-hybridized carbons (Fsp3) is 0.292. The number of thiophene rings is 1. The van der Waals surface area contributed by atoms with Crippen molar-refractivity contribution in [2.45, 2.75) is 32.7 Å². The molecule has 0 spiro atoms. The van der Waals surface area contributed by atoms with Crippen molar-refractivity contribution in [2.75, 3.05) is 19.4 Å². The number of rotatable bonds is 5. The Morgan fingerprint density at radius 2 is 1.90 bits per heavy atom. The molecule has 0 saturated carbocycles. The molecule has 4 rings (SSSR count). The van der Waals surface area contributed by atoms with Crippen LogP contribution < -0.4 is 5.32 Å². The monoisotopic (exact) mass is 408 g/mol. The van der Waals surface area contributed by atoms with Gasteiger partial charge in [0.25, 0.3) is 5.91 Å². The van der Waals surface area contributed by atoms with Gasteiger partial charge in [-0.1, -0.05) is 25.1 Å². The highest BCUT2D eigenvalue weighted by Crippen LogP contribution is 2.46. The molecule has 0 fully saturated rings. The van der Waals surface area contributed by atoms with Crippen molar-refractivity contribution < 1.29 is 9.18 Å². The molecular formula is C24H25FN2OS. The third kappa shape index (κ3) is 3.85. The summed E-state index contributed by atoms with van der Waals surface area (Å²) in [6.07, 6.45) is 2.88. The maximum Gasteiger partial charge on any atom is 0.256 e. The van der Waals surface area contributed by atoms with E-state index in [-0.39, 0.29) is 11.7 Å². The zero-order chi connectivity index (χ0) is 20.5. The van der Waals surface area contributed by atoms with Crippen molar-refractivity contribution in [1.29, 1.82) is 0 Å². The predicted octanol–water partition coefficient (Wildman–Crippen LogP) is 5.53. The molecule has 0 saturated heterocycles. The van der Waals surface area contributed by atoms with Crippen LogP contribution in [0.25, 0.3) is 11.1 Å². The van der Waals surface area contributed by atoms with Crippen LogP contribution in [0.1, 0.15) is 38.8 Å². The minimum Gasteiger partial charge on any atom is -0.313 e. The number of benzene rings is 2. The van der Waals surface area contributed by atoms with Crippen molar-refractivity contribution in [2.24, 2.45) is 0 Å². The van der Waals surface area contributed by atoms with E-state index >= 15 is 0 Å². The van der Waals surface area contributed by atoms with Crippen LogP contribution in [0.4, 0.5) is 9.39 Å². The summed E-state index contributed by atoms with van der Waals surface area (Å²) in [5.41, 5.74) is 7.08. The molecule has 150 valence electrons. The minimum atomic E-state index is -0.340. The maximum absolute atomic E-state index is 13.2. The van der Waals surface area contributed by atoms with Crippen molar-refractivity contribution in [1.82, 2.24) is 4.90 Å². The first-order valence-corrected chi connectivity index (χ1v) is 10.8. The smallest absolute Gasteiger partial charge is 0.256 e. The Kier molecular flexibility index (Phi) is 5.52. The van der Waals surface area contributed by atoms with Crippen molar-refractivity contribution in [3.8, 4) is 11.1 Å². The molecule has 1 aliphatic rings. The Labute approximate surface area is 175 Å². The normalized spacial score (nSPS) is 12.6. The molecule has 29 heavy (non-hydrogen) atoms. The highest BCUT2D eigenvalue weighted by Gasteiger charge is 2.26. The number of anilines is 1. The number of amides is 1. The van der Waals surface area contributed by atoms with Crippen LogP contribution in [0.3, 0.4) is 0 Å². The number of aryl methyl sites for hydroxylation is 1. The molecule has 0 radical (unpaired) electrons. The van der Waals surface area contributed by atoms with E-state index in [0.29, 0.717) is 5.56 Å². The van der Waals surface area contributed by atoms with E-state index in [0.717, 1.165) is 30.8 Å². The third-order valence-corrected chi connectivity index (χ3v) is 6.61. The van der Waals surface area contributed by atoms with E-state index in [9.17, 15) is 9.18 Å². The van der Waals surface area contributed by atoms with Crippen molar-refractivity contribution >= 4 is 22.2 Å². The molecule has 0 atom stereocenters. The van der Waals surface area contributed by atoms with Crippen LogP contribution >= 0.6 is 11.3 Å². The number of fused-ring (bicyclic) bond motifs is 3. The zero-order valence-corrected chi connectivity index (χ0v) is 17.8. The molecule has 3 nitrogen and oxygen atoms in total. The van der Waals surface area contributed by atoms with Gasteiger partial charge in [0.1, 0.15) is 5.82 Å². The molecule has 0 bridgehead atoms. The van der Waals surface area contributed by atoms with Gasteiger partial charge in [-0.2, -0.15) is 0 Å². The molecule has 1 aliphatic carbocycles. The molecule has 3 aromatic rings. The molecular weight excluding hydrogens is 383 g/mol. The van der Waals surface area contributed by atoms with Crippen molar-refractivity contribution in [3.63, 3.8) is 0 Å². The van der Waals surface area contributed by atoms with Gasteiger partial charge in [-0.15, -0.1) is 11.3 Å². The lowest BCUT2D eigenvalue weighted by Gasteiger charge is -2.22. The van der Waals surface area contributed by atoms with Gasteiger partial charge < -0.3 is 10.2 Å². The Balaban J connectivity index is 1.72. The van der Waals surface area contributed by atoms with Gasteiger partial charge >= 0.3 is 0 Å². The zero-order valence-electron chi connectivity index (χ0n) is 17.0. The topological polar surface area (TPSA) is 32.3 Å². The lowest BCUT2D eigenvalue weighted by Crippen LogP contribution is -2.14.